The van der Waals surface area contributed by atoms with E-state index in [1.165, 1.54) is 19.3 Å². The highest BCUT2D eigenvalue weighted by molar-refractivity contribution is 5.47. The zero-order valence-electron chi connectivity index (χ0n) is 11.2. The van der Waals surface area contributed by atoms with Crippen molar-refractivity contribution in [2.24, 2.45) is 5.92 Å². The van der Waals surface area contributed by atoms with Gasteiger partial charge in [-0.15, -0.1) is 0 Å². The highest BCUT2D eigenvalue weighted by Gasteiger charge is 2.15. The van der Waals surface area contributed by atoms with Crippen LogP contribution in [0.2, 0.25) is 0 Å². The van der Waals surface area contributed by atoms with Crippen LogP contribution in [0.1, 0.15) is 26.2 Å². The largest absolute Gasteiger partial charge is 0.369 e. The Kier molecular flexibility index (Phi) is 5.00. The summed E-state index contributed by atoms with van der Waals surface area (Å²) >= 11 is 0. The topological polar surface area (TPSA) is 15.3 Å². The quantitative estimate of drug-likeness (QED) is 0.864. The Morgan fingerprint density at radius 2 is 2.00 bits per heavy atom. The molecule has 1 fully saturated rings. The molecule has 0 unspecified atom stereocenters. The molecule has 0 aliphatic carbocycles. The molecule has 0 aromatic heterocycles. The van der Waals surface area contributed by atoms with E-state index in [1.807, 2.05) is 12.1 Å². The van der Waals surface area contributed by atoms with E-state index in [4.69, 9.17) is 0 Å². The molecule has 0 bridgehead atoms. The van der Waals surface area contributed by atoms with E-state index >= 15 is 0 Å². The fraction of sp³-hybridized carbons (Fsp3) is 0.600. The molecule has 0 radical (unpaired) electrons. The Bertz CT molecular complexity index is 361. The van der Waals surface area contributed by atoms with E-state index in [1.54, 1.807) is 12.1 Å². The average Bonchev–Trinajstić information content (AvgIpc) is 2.42. The van der Waals surface area contributed by atoms with Gasteiger partial charge in [-0.05, 0) is 57.3 Å². The maximum atomic E-state index is 13.7. The molecule has 1 aliphatic heterocycles. The van der Waals surface area contributed by atoms with E-state index in [2.05, 4.69) is 17.1 Å². The summed E-state index contributed by atoms with van der Waals surface area (Å²) in [5, 5.41) is 3.38. The predicted molar refractivity (Wildman–Crippen MR) is 74.5 cm³/mol. The lowest BCUT2D eigenvalue weighted by Gasteiger charge is -2.28. The molecule has 1 aromatic carbocycles. The van der Waals surface area contributed by atoms with Crippen molar-refractivity contribution >= 4 is 5.69 Å². The smallest absolute Gasteiger partial charge is 0.146 e. The normalized spacial score (nSPS) is 16.8. The fourth-order valence-electron chi connectivity index (χ4n) is 2.67. The summed E-state index contributed by atoms with van der Waals surface area (Å²) in [6.07, 6.45) is 3.69. The molecule has 0 spiro atoms. The number of nitrogens with zero attached hydrogens (tertiary/aromatic N) is 1. The van der Waals surface area contributed by atoms with Crippen molar-refractivity contribution < 1.29 is 4.39 Å². The van der Waals surface area contributed by atoms with Crippen LogP contribution in [0.25, 0.3) is 0 Å². The number of benzene rings is 1. The van der Waals surface area contributed by atoms with Crippen LogP contribution in [0.3, 0.4) is 0 Å². The monoisotopic (exact) mass is 250 g/mol. The molecule has 1 N–H and O–H groups in total. The Morgan fingerprint density at radius 3 is 2.67 bits per heavy atom. The molecule has 18 heavy (non-hydrogen) atoms. The average molecular weight is 250 g/mol. The van der Waals surface area contributed by atoms with Gasteiger partial charge in [0.1, 0.15) is 5.82 Å². The van der Waals surface area contributed by atoms with Crippen LogP contribution in [0.5, 0.6) is 0 Å². The van der Waals surface area contributed by atoms with Crippen molar-refractivity contribution in [2.45, 2.75) is 26.2 Å². The number of anilines is 1. The molecule has 0 amide bonds. The summed E-state index contributed by atoms with van der Waals surface area (Å²) < 4.78 is 13.7. The lowest BCUT2D eigenvalue weighted by Crippen LogP contribution is -2.31. The van der Waals surface area contributed by atoms with Crippen molar-refractivity contribution in [3.05, 3.63) is 30.1 Å². The zero-order chi connectivity index (χ0) is 12.8. The first-order valence-corrected chi connectivity index (χ1v) is 7.01. The van der Waals surface area contributed by atoms with Crippen molar-refractivity contribution in [3.63, 3.8) is 0 Å². The molecule has 1 aromatic rings. The first-order valence-electron chi connectivity index (χ1n) is 7.01. The first-order chi connectivity index (χ1) is 8.81. The second-order valence-corrected chi connectivity index (χ2v) is 5.01. The molecule has 0 saturated carbocycles. The van der Waals surface area contributed by atoms with E-state index in [0.29, 0.717) is 0 Å². The van der Waals surface area contributed by atoms with Gasteiger partial charge in [-0.2, -0.15) is 0 Å². The van der Waals surface area contributed by atoms with Gasteiger partial charge in [0, 0.05) is 13.1 Å². The molecule has 1 heterocycles. The fourth-order valence-corrected chi connectivity index (χ4v) is 2.67. The summed E-state index contributed by atoms with van der Waals surface area (Å²) in [4.78, 5) is 2.15. The van der Waals surface area contributed by atoms with Gasteiger partial charge >= 0.3 is 0 Å². The molecule has 2 nitrogen and oxygen atoms in total. The second kappa shape index (κ2) is 6.74. The number of nitrogens with one attached hydrogen (secondary N) is 1. The van der Waals surface area contributed by atoms with Crippen LogP contribution in [-0.4, -0.2) is 26.2 Å². The van der Waals surface area contributed by atoms with Crippen molar-refractivity contribution in [2.75, 3.05) is 31.1 Å². The summed E-state index contributed by atoms with van der Waals surface area (Å²) in [7, 11) is 0. The molecular weight excluding hydrogens is 227 g/mol. The lowest BCUT2D eigenvalue weighted by atomic mass is 9.94. The van der Waals surface area contributed by atoms with Gasteiger partial charge in [-0.3, -0.25) is 0 Å². The van der Waals surface area contributed by atoms with Crippen LogP contribution in [0.4, 0.5) is 10.1 Å². The molecule has 1 saturated heterocycles. The molecule has 0 atom stereocenters. The summed E-state index contributed by atoms with van der Waals surface area (Å²) in [5.74, 6) is 0.691. The maximum Gasteiger partial charge on any atom is 0.146 e. The van der Waals surface area contributed by atoms with Gasteiger partial charge in [0.2, 0.25) is 0 Å². The number of para-hydroxylation sites is 1. The summed E-state index contributed by atoms with van der Waals surface area (Å²) in [6, 6.07) is 7.08. The number of halogens is 1. The van der Waals surface area contributed by atoms with E-state index in [0.717, 1.165) is 37.8 Å². The van der Waals surface area contributed by atoms with E-state index < -0.39 is 0 Å². The van der Waals surface area contributed by atoms with Crippen LogP contribution < -0.4 is 10.2 Å². The molecule has 2 rings (SSSR count). The van der Waals surface area contributed by atoms with Crippen molar-refractivity contribution in [1.29, 1.82) is 0 Å². The Labute approximate surface area is 109 Å². The molecule has 1 aliphatic rings. The minimum atomic E-state index is -0.107. The third-order valence-corrected chi connectivity index (χ3v) is 3.84. The van der Waals surface area contributed by atoms with Gasteiger partial charge in [0.25, 0.3) is 0 Å². The number of hydrogen-bond donors (Lipinski definition) is 1. The molecule has 100 valence electrons. The van der Waals surface area contributed by atoms with E-state index in [9.17, 15) is 4.39 Å². The highest BCUT2D eigenvalue weighted by Crippen LogP contribution is 2.21. The lowest BCUT2D eigenvalue weighted by molar-refractivity contribution is 0.355. The minimum Gasteiger partial charge on any atom is -0.369 e. The number of hydrogen-bond acceptors (Lipinski definition) is 2. The number of rotatable bonds is 5. The Balaban J connectivity index is 1.91. The predicted octanol–water partition coefficient (Wildman–Crippen LogP) is 3.04. The third-order valence-electron chi connectivity index (χ3n) is 3.84. The van der Waals surface area contributed by atoms with Crippen LogP contribution in [-0.2, 0) is 0 Å². The minimum absolute atomic E-state index is 0.107. The van der Waals surface area contributed by atoms with Gasteiger partial charge in [-0.1, -0.05) is 12.1 Å². The molecular formula is C15H23FN2. The van der Waals surface area contributed by atoms with Crippen LogP contribution >= 0.6 is 0 Å². The van der Waals surface area contributed by atoms with Gasteiger partial charge < -0.3 is 10.2 Å². The van der Waals surface area contributed by atoms with Crippen molar-refractivity contribution in [1.82, 2.24) is 5.32 Å². The SMILES string of the molecule is CCN(CCC1CCNCC1)c1ccccc1F. The van der Waals surface area contributed by atoms with Gasteiger partial charge in [0.15, 0.2) is 0 Å². The Morgan fingerprint density at radius 1 is 1.28 bits per heavy atom. The summed E-state index contributed by atoms with van der Waals surface area (Å²) in [5.41, 5.74) is 0.744. The van der Waals surface area contributed by atoms with E-state index in [-0.39, 0.29) is 5.82 Å². The highest BCUT2D eigenvalue weighted by atomic mass is 19.1. The van der Waals surface area contributed by atoms with Crippen molar-refractivity contribution in [3.8, 4) is 0 Å². The van der Waals surface area contributed by atoms with Gasteiger partial charge in [0.05, 0.1) is 5.69 Å². The summed E-state index contributed by atoms with van der Waals surface area (Å²) in [6.45, 7) is 6.19. The first kappa shape index (κ1) is 13.3. The molecule has 3 heteroatoms. The Hall–Kier alpha value is -1.09. The number of piperidine rings is 1. The standard InChI is InChI=1S/C15H23FN2/c1-2-18(15-6-4-3-5-14(15)16)12-9-13-7-10-17-11-8-13/h3-6,13,17H,2,7-12H2,1H3. The zero-order valence-corrected chi connectivity index (χ0v) is 11.2. The van der Waals surface area contributed by atoms with Gasteiger partial charge in [-0.25, -0.2) is 4.39 Å². The van der Waals surface area contributed by atoms with Crippen LogP contribution in [0, 0.1) is 11.7 Å². The van der Waals surface area contributed by atoms with Crippen LogP contribution in [0.15, 0.2) is 24.3 Å². The third kappa shape index (κ3) is 3.45. The maximum absolute atomic E-state index is 13.7. The second-order valence-electron chi connectivity index (χ2n) is 5.01.